The van der Waals surface area contributed by atoms with Crippen molar-refractivity contribution in [3.05, 3.63) is 0 Å². The van der Waals surface area contributed by atoms with Crippen molar-refractivity contribution >= 4 is 0 Å². The Balaban J connectivity index is 1.73. The van der Waals surface area contributed by atoms with Gasteiger partial charge in [-0.05, 0) is 84.2 Å². The molecule has 0 amide bonds. The van der Waals surface area contributed by atoms with E-state index in [1.807, 2.05) is 0 Å². The summed E-state index contributed by atoms with van der Waals surface area (Å²) in [5, 5.41) is 3.66. The lowest BCUT2D eigenvalue weighted by molar-refractivity contribution is 0.0755. The number of rotatable bonds is 5. The third-order valence-electron chi connectivity index (χ3n) is 5.83. The van der Waals surface area contributed by atoms with E-state index in [1.165, 1.54) is 51.9 Å². The topological polar surface area (TPSA) is 18.5 Å². The van der Waals surface area contributed by atoms with Crippen molar-refractivity contribution in [1.29, 1.82) is 0 Å². The van der Waals surface area contributed by atoms with Crippen molar-refractivity contribution < 1.29 is 0 Å². The highest BCUT2D eigenvalue weighted by molar-refractivity contribution is 4.88. The monoisotopic (exact) mass is 281 g/mol. The van der Waals surface area contributed by atoms with Crippen LogP contribution in [0.1, 0.15) is 46.5 Å². The van der Waals surface area contributed by atoms with Crippen LogP contribution < -0.4 is 5.32 Å². The fourth-order valence-electron chi connectivity index (χ4n) is 4.00. The molecule has 3 heteroatoms. The van der Waals surface area contributed by atoms with Gasteiger partial charge in [-0.1, -0.05) is 13.8 Å². The Bertz CT molecular complexity index is 273. The van der Waals surface area contributed by atoms with E-state index < -0.39 is 0 Å². The molecule has 0 saturated carbocycles. The highest BCUT2D eigenvalue weighted by atomic mass is 15.2. The first-order valence-corrected chi connectivity index (χ1v) is 8.77. The molecule has 0 radical (unpaired) electrons. The fraction of sp³-hybridized carbons (Fsp3) is 1.00. The maximum atomic E-state index is 3.66. The summed E-state index contributed by atoms with van der Waals surface area (Å²) in [6.07, 6.45) is 5.56. The summed E-state index contributed by atoms with van der Waals surface area (Å²) in [5.41, 5.74) is 0. The average molecular weight is 281 g/mol. The van der Waals surface area contributed by atoms with Gasteiger partial charge in [0.25, 0.3) is 0 Å². The number of hydrogen-bond donors (Lipinski definition) is 1. The standard InChI is InChI=1S/C17H35N3/c1-5-18-17-9-13-20(15(3)14(17)2)12-8-16-6-10-19(4)11-7-16/h14-18H,5-13H2,1-4H3. The number of nitrogens with one attached hydrogen (secondary N) is 1. The fourth-order valence-corrected chi connectivity index (χ4v) is 4.00. The Morgan fingerprint density at radius 1 is 1.05 bits per heavy atom. The second kappa shape index (κ2) is 7.77. The van der Waals surface area contributed by atoms with Crippen molar-refractivity contribution in [1.82, 2.24) is 15.1 Å². The highest BCUT2D eigenvalue weighted by Crippen LogP contribution is 2.26. The molecule has 3 atom stereocenters. The lowest BCUT2D eigenvalue weighted by atomic mass is 9.86. The number of likely N-dealkylation sites (tertiary alicyclic amines) is 2. The first-order valence-electron chi connectivity index (χ1n) is 8.77. The summed E-state index contributed by atoms with van der Waals surface area (Å²) < 4.78 is 0. The minimum atomic E-state index is 0.731. The van der Waals surface area contributed by atoms with E-state index in [4.69, 9.17) is 0 Å². The van der Waals surface area contributed by atoms with Crippen LogP contribution >= 0.6 is 0 Å². The van der Waals surface area contributed by atoms with E-state index in [0.717, 1.165) is 30.5 Å². The van der Waals surface area contributed by atoms with Gasteiger partial charge in [-0.2, -0.15) is 0 Å². The molecule has 0 aromatic heterocycles. The van der Waals surface area contributed by atoms with Crippen molar-refractivity contribution in [2.45, 2.75) is 58.5 Å². The number of hydrogen-bond acceptors (Lipinski definition) is 3. The molecular weight excluding hydrogens is 246 g/mol. The van der Waals surface area contributed by atoms with Crippen LogP contribution in [-0.2, 0) is 0 Å². The van der Waals surface area contributed by atoms with Gasteiger partial charge in [-0.25, -0.2) is 0 Å². The summed E-state index contributed by atoms with van der Waals surface area (Å²) in [7, 11) is 2.26. The molecule has 0 aromatic carbocycles. The van der Waals surface area contributed by atoms with Crippen molar-refractivity contribution in [2.75, 3.05) is 39.8 Å². The SMILES string of the molecule is CCNC1CCN(CCC2CCN(C)CC2)C(C)C1C. The van der Waals surface area contributed by atoms with Gasteiger partial charge in [0.15, 0.2) is 0 Å². The van der Waals surface area contributed by atoms with Crippen LogP contribution in [0.5, 0.6) is 0 Å². The normalized spacial score (nSPS) is 34.5. The van der Waals surface area contributed by atoms with Gasteiger partial charge in [0.1, 0.15) is 0 Å². The minimum Gasteiger partial charge on any atom is -0.314 e. The second-order valence-electron chi connectivity index (χ2n) is 7.12. The molecule has 0 spiro atoms. The molecule has 0 aliphatic carbocycles. The predicted molar refractivity (Wildman–Crippen MR) is 87.1 cm³/mol. The third-order valence-corrected chi connectivity index (χ3v) is 5.83. The first kappa shape index (κ1) is 16.3. The smallest absolute Gasteiger partial charge is 0.0120 e. The Morgan fingerprint density at radius 2 is 1.75 bits per heavy atom. The second-order valence-corrected chi connectivity index (χ2v) is 7.12. The molecule has 2 fully saturated rings. The largest absolute Gasteiger partial charge is 0.314 e. The van der Waals surface area contributed by atoms with Crippen LogP contribution in [0.15, 0.2) is 0 Å². The van der Waals surface area contributed by atoms with E-state index in [0.29, 0.717) is 0 Å². The maximum Gasteiger partial charge on any atom is 0.0120 e. The van der Waals surface area contributed by atoms with Crippen molar-refractivity contribution in [3.63, 3.8) is 0 Å². The Labute approximate surface area is 126 Å². The molecule has 118 valence electrons. The van der Waals surface area contributed by atoms with Gasteiger partial charge < -0.3 is 15.1 Å². The zero-order valence-electron chi connectivity index (χ0n) is 14.1. The zero-order valence-corrected chi connectivity index (χ0v) is 14.1. The Morgan fingerprint density at radius 3 is 2.40 bits per heavy atom. The average Bonchev–Trinajstić information content (AvgIpc) is 2.45. The molecule has 2 rings (SSSR count). The predicted octanol–water partition coefficient (Wildman–Crippen LogP) is 2.43. The molecule has 3 unspecified atom stereocenters. The molecule has 2 aliphatic rings. The molecule has 2 heterocycles. The van der Waals surface area contributed by atoms with E-state index in [1.54, 1.807) is 0 Å². The maximum absolute atomic E-state index is 3.66. The van der Waals surface area contributed by atoms with E-state index >= 15 is 0 Å². The van der Waals surface area contributed by atoms with Crippen LogP contribution in [0.3, 0.4) is 0 Å². The van der Waals surface area contributed by atoms with Gasteiger partial charge in [0.2, 0.25) is 0 Å². The molecule has 0 aromatic rings. The zero-order chi connectivity index (χ0) is 14.5. The van der Waals surface area contributed by atoms with E-state index in [-0.39, 0.29) is 0 Å². The lowest BCUT2D eigenvalue weighted by Gasteiger charge is -2.43. The van der Waals surface area contributed by atoms with Gasteiger partial charge >= 0.3 is 0 Å². The van der Waals surface area contributed by atoms with Crippen LogP contribution in [0.4, 0.5) is 0 Å². The van der Waals surface area contributed by atoms with Gasteiger partial charge in [0, 0.05) is 12.1 Å². The van der Waals surface area contributed by atoms with E-state index in [9.17, 15) is 0 Å². The molecule has 2 aliphatic heterocycles. The summed E-state index contributed by atoms with van der Waals surface area (Å²) >= 11 is 0. The number of piperidine rings is 2. The lowest BCUT2D eigenvalue weighted by Crippen LogP contribution is -2.53. The number of nitrogens with zero attached hydrogens (tertiary/aromatic N) is 2. The summed E-state index contributed by atoms with van der Waals surface area (Å²) in [4.78, 5) is 5.22. The van der Waals surface area contributed by atoms with Gasteiger partial charge in [0.05, 0.1) is 0 Å². The van der Waals surface area contributed by atoms with Crippen LogP contribution in [-0.4, -0.2) is 61.7 Å². The molecule has 2 saturated heterocycles. The van der Waals surface area contributed by atoms with Crippen molar-refractivity contribution in [2.24, 2.45) is 11.8 Å². The summed E-state index contributed by atoms with van der Waals surface area (Å²) in [6.45, 7) is 13.4. The van der Waals surface area contributed by atoms with E-state index in [2.05, 4.69) is 42.9 Å². The Hall–Kier alpha value is -0.120. The molecular formula is C17H35N3. The van der Waals surface area contributed by atoms with Crippen LogP contribution in [0.25, 0.3) is 0 Å². The molecule has 20 heavy (non-hydrogen) atoms. The molecule has 1 N–H and O–H groups in total. The minimum absolute atomic E-state index is 0.731. The summed E-state index contributed by atoms with van der Waals surface area (Å²) in [5.74, 6) is 1.75. The third kappa shape index (κ3) is 4.19. The van der Waals surface area contributed by atoms with Gasteiger partial charge in [-0.15, -0.1) is 0 Å². The highest BCUT2D eigenvalue weighted by Gasteiger charge is 2.31. The summed E-state index contributed by atoms with van der Waals surface area (Å²) in [6, 6.07) is 1.47. The first-order chi connectivity index (χ1) is 9.61. The molecule has 3 nitrogen and oxygen atoms in total. The quantitative estimate of drug-likeness (QED) is 0.835. The van der Waals surface area contributed by atoms with Crippen LogP contribution in [0.2, 0.25) is 0 Å². The van der Waals surface area contributed by atoms with Crippen molar-refractivity contribution in [3.8, 4) is 0 Å². The Kier molecular flexibility index (Phi) is 6.31. The van der Waals surface area contributed by atoms with Crippen LogP contribution in [0, 0.1) is 11.8 Å². The molecule has 0 bridgehead atoms. The van der Waals surface area contributed by atoms with Gasteiger partial charge in [-0.3, -0.25) is 0 Å².